The summed E-state index contributed by atoms with van der Waals surface area (Å²) in [5.74, 6) is 2.53. The van der Waals surface area contributed by atoms with Crippen molar-refractivity contribution in [3.8, 4) is 0 Å². The molecule has 7 nitrogen and oxygen atoms in total. The number of aliphatic imine (C=N–C) groups is 1. The molecular formula is C18H29N7. The van der Waals surface area contributed by atoms with Gasteiger partial charge in [-0.3, -0.25) is 4.40 Å². The van der Waals surface area contributed by atoms with Crippen LogP contribution >= 0.6 is 0 Å². The predicted octanol–water partition coefficient (Wildman–Crippen LogP) is 1.52. The van der Waals surface area contributed by atoms with Crippen molar-refractivity contribution in [1.82, 2.24) is 30.1 Å². The van der Waals surface area contributed by atoms with Crippen LogP contribution in [0.1, 0.15) is 32.0 Å². The lowest BCUT2D eigenvalue weighted by Crippen LogP contribution is -2.39. The number of likely N-dealkylation sites (tertiary alicyclic amines) is 1. The second kappa shape index (κ2) is 8.80. The number of aromatic nitrogens is 3. The van der Waals surface area contributed by atoms with E-state index in [1.165, 1.54) is 32.4 Å². The number of guanidine groups is 1. The van der Waals surface area contributed by atoms with E-state index >= 15 is 0 Å². The van der Waals surface area contributed by atoms with Gasteiger partial charge in [-0.2, -0.15) is 0 Å². The van der Waals surface area contributed by atoms with Gasteiger partial charge < -0.3 is 15.5 Å². The van der Waals surface area contributed by atoms with Crippen LogP contribution < -0.4 is 10.6 Å². The van der Waals surface area contributed by atoms with Gasteiger partial charge in [0.05, 0.1) is 0 Å². The molecule has 0 saturated carbocycles. The molecule has 25 heavy (non-hydrogen) atoms. The summed E-state index contributed by atoms with van der Waals surface area (Å²) in [6, 6.07) is 5.89. The molecule has 0 radical (unpaired) electrons. The second-order valence-corrected chi connectivity index (χ2v) is 6.70. The van der Waals surface area contributed by atoms with Crippen LogP contribution in [0.2, 0.25) is 0 Å². The molecule has 0 spiro atoms. The molecule has 0 aliphatic carbocycles. The average Bonchev–Trinajstić information content (AvgIpc) is 3.04. The highest BCUT2D eigenvalue weighted by molar-refractivity contribution is 5.79. The first kappa shape index (κ1) is 17.7. The number of rotatable bonds is 6. The van der Waals surface area contributed by atoms with Gasteiger partial charge in [0.15, 0.2) is 17.4 Å². The minimum absolute atomic E-state index is 0.509. The number of nitrogens with zero attached hydrogens (tertiary/aromatic N) is 5. The lowest BCUT2D eigenvalue weighted by atomic mass is 9.94. The number of pyridine rings is 1. The molecule has 2 aromatic rings. The molecule has 1 saturated heterocycles. The van der Waals surface area contributed by atoms with Gasteiger partial charge in [0, 0.05) is 19.3 Å². The molecule has 7 heteroatoms. The van der Waals surface area contributed by atoms with Crippen LogP contribution in [0.3, 0.4) is 0 Å². The van der Waals surface area contributed by atoms with Crippen LogP contribution in [0.25, 0.3) is 5.65 Å². The molecule has 0 atom stereocenters. The topological polar surface area (TPSA) is 69.8 Å². The second-order valence-electron chi connectivity index (χ2n) is 6.70. The summed E-state index contributed by atoms with van der Waals surface area (Å²) in [7, 11) is 2.21. The monoisotopic (exact) mass is 343 g/mol. The minimum Gasteiger partial charge on any atom is -0.357 e. The van der Waals surface area contributed by atoms with Gasteiger partial charge in [0.1, 0.15) is 6.54 Å². The fourth-order valence-corrected chi connectivity index (χ4v) is 3.24. The quantitative estimate of drug-likeness (QED) is 0.615. The molecule has 3 heterocycles. The Hall–Kier alpha value is -2.15. The summed E-state index contributed by atoms with van der Waals surface area (Å²) in [6.07, 6.45) is 5.78. The van der Waals surface area contributed by atoms with E-state index in [1.54, 1.807) is 0 Å². The van der Waals surface area contributed by atoms with Gasteiger partial charge in [-0.1, -0.05) is 6.07 Å². The van der Waals surface area contributed by atoms with Crippen LogP contribution in [0, 0.1) is 5.92 Å². The fourth-order valence-electron chi connectivity index (χ4n) is 3.24. The molecule has 0 unspecified atom stereocenters. The van der Waals surface area contributed by atoms with E-state index in [-0.39, 0.29) is 0 Å². The lowest BCUT2D eigenvalue weighted by Gasteiger charge is -2.29. The van der Waals surface area contributed by atoms with E-state index in [4.69, 9.17) is 0 Å². The summed E-state index contributed by atoms with van der Waals surface area (Å²) >= 11 is 0. The Labute approximate surface area is 149 Å². The Bertz CT molecular complexity index is 686. The van der Waals surface area contributed by atoms with Crippen LogP contribution in [-0.4, -0.2) is 58.7 Å². The van der Waals surface area contributed by atoms with Crippen molar-refractivity contribution in [2.24, 2.45) is 10.9 Å². The van der Waals surface area contributed by atoms with Crippen molar-refractivity contribution in [2.45, 2.75) is 32.7 Å². The highest BCUT2D eigenvalue weighted by atomic mass is 15.3. The van der Waals surface area contributed by atoms with E-state index in [0.717, 1.165) is 36.4 Å². The van der Waals surface area contributed by atoms with Gasteiger partial charge >= 0.3 is 0 Å². The largest absolute Gasteiger partial charge is 0.357 e. The Morgan fingerprint density at radius 2 is 2.08 bits per heavy atom. The maximum atomic E-state index is 4.66. The summed E-state index contributed by atoms with van der Waals surface area (Å²) in [5, 5.41) is 15.2. The Morgan fingerprint density at radius 1 is 1.24 bits per heavy atom. The normalized spacial score (nSPS) is 17.1. The highest BCUT2D eigenvalue weighted by Gasteiger charge is 2.16. The SMILES string of the molecule is CCNC(=NCc1nnc2ccccn12)NCCC1CCN(C)CC1. The Balaban J connectivity index is 1.52. The molecule has 0 bridgehead atoms. The van der Waals surface area contributed by atoms with Crippen molar-refractivity contribution >= 4 is 11.6 Å². The van der Waals surface area contributed by atoms with Crippen LogP contribution in [0.5, 0.6) is 0 Å². The predicted molar refractivity (Wildman–Crippen MR) is 101 cm³/mol. The zero-order valence-corrected chi connectivity index (χ0v) is 15.3. The van der Waals surface area contributed by atoms with Gasteiger partial charge in [0.2, 0.25) is 0 Å². The van der Waals surface area contributed by atoms with E-state index in [9.17, 15) is 0 Å². The number of fused-ring (bicyclic) bond motifs is 1. The van der Waals surface area contributed by atoms with Gasteiger partial charge in [-0.05, 0) is 64.4 Å². The molecular weight excluding hydrogens is 314 g/mol. The minimum atomic E-state index is 0.509. The molecule has 1 fully saturated rings. The van der Waals surface area contributed by atoms with E-state index < -0.39 is 0 Å². The zero-order valence-electron chi connectivity index (χ0n) is 15.3. The standard InChI is InChI=1S/C18H29N7/c1-3-19-18(20-10-7-15-8-12-24(2)13-9-15)21-14-17-23-22-16-6-4-5-11-25(16)17/h4-6,11,15H,3,7-10,12-14H2,1-2H3,(H2,19,20,21). The van der Waals surface area contributed by atoms with Crippen LogP contribution in [0.15, 0.2) is 29.4 Å². The highest BCUT2D eigenvalue weighted by Crippen LogP contribution is 2.18. The molecule has 0 amide bonds. The van der Waals surface area contributed by atoms with Crippen molar-refractivity contribution < 1.29 is 0 Å². The van der Waals surface area contributed by atoms with E-state index in [1.807, 2.05) is 28.8 Å². The summed E-state index contributed by atoms with van der Waals surface area (Å²) in [4.78, 5) is 7.08. The van der Waals surface area contributed by atoms with E-state index in [0.29, 0.717) is 6.54 Å². The molecule has 1 aliphatic rings. The third-order valence-corrected chi connectivity index (χ3v) is 4.79. The van der Waals surface area contributed by atoms with Gasteiger partial charge in [-0.25, -0.2) is 4.99 Å². The first-order valence-electron chi connectivity index (χ1n) is 9.25. The summed E-state index contributed by atoms with van der Waals surface area (Å²) in [6.45, 7) is 6.84. The van der Waals surface area contributed by atoms with Crippen molar-refractivity contribution in [2.75, 3.05) is 33.2 Å². The third-order valence-electron chi connectivity index (χ3n) is 4.79. The number of piperidine rings is 1. The lowest BCUT2D eigenvalue weighted by molar-refractivity contribution is 0.213. The fraction of sp³-hybridized carbons (Fsp3) is 0.611. The van der Waals surface area contributed by atoms with Gasteiger partial charge in [-0.15, -0.1) is 10.2 Å². The summed E-state index contributed by atoms with van der Waals surface area (Å²) < 4.78 is 1.98. The van der Waals surface area contributed by atoms with Crippen LogP contribution in [0.4, 0.5) is 0 Å². The van der Waals surface area contributed by atoms with Crippen molar-refractivity contribution in [1.29, 1.82) is 0 Å². The maximum Gasteiger partial charge on any atom is 0.191 e. The van der Waals surface area contributed by atoms with Crippen molar-refractivity contribution in [3.63, 3.8) is 0 Å². The van der Waals surface area contributed by atoms with E-state index in [2.05, 4.69) is 44.7 Å². The molecule has 136 valence electrons. The van der Waals surface area contributed by atoms with Crippen molar-refractivity contribution in [3.05, 3.63) is 30.2 Å². The zero-order chi connectivity index (χ0) is 17.5. The first-order valence-corrected chi connectivity index (χ1v) is 9.25. The van der Waals surface area contributed by atoms with Gasteiger partial charge in [0.25, 0.3) is 0 Å². The number of hydrogen-bond donors (Lipinski definition) is 2. The molecule has 3 rings (SSSR count). The molecule has 2 N–H and O–H groups in total. The first-order chi connectivity index (χ1) is 12.3. The smallest absolute Gasteiger partial charge is 0.191 e. The van der Waals surface area contributed by atoms with Crippen LogP contribution in [-0.2, 0) is 6.54 Å². The molecule has 1 aliphatic heterocycles. The number of nitrogens with one attached hydrogen (secondary N) is 2. The Morgan fingerprint density at radius 3 is 2.88 bits per heavy atom. The molecule has 0 aromatic carbocycles. The number of hydrogen-bond acceptors (Lipinski definition) is 4. The summed E-state index contributed by atoms with van der Waals surface area (Å²) in [5.41, 5.74) is 0.855. The Kier molecular flexibility index (Phi) is 6.22. The maximum absolute atomic E-state index is 4.66. The third kappa shape index (κ3) is 4.92. The average molecular weight is 343 g/mol. The molecule has 2 aromatic heterocycles.